The van der Waals surface area contributed by atoms with Crippen molar-refractivity contribution in [2.75, 3.05) is 44.4 Å². The van der Waals surface area contributed by atoms with Crippen molar-refractivity contribution in [3.63, 3.8) is 0 Å². The summed E-state index contributed by atoms with van der Waals surface area (Å²) >= 11 is 6.15. The number of nitrogens with zero attached hydrogens (tertiary/aromatic N) is 2. The molecule has 2 amide bonds. The zero-order chi connectivity index (χ0) is 26.5. The van der Waals surface area contributed by atoms with E-state index in [0.717, 1.165) is 5.56 Å². The summed E-state index contributed by atoms with van der Waals surface area (Å²) in [7, 11) is 0. The van der Waals surface area contributed by atoms with Crippen LogP contribution in [0.1, 0.15) is 35.7 Å². The molecule has 0 aromatic heterocycles. The van der Waals surface area contributed by atoms with E-state index in [1.807, 2.05) is 13.0 Å². The van der Waals surface area contributed by atoms with Gasteiger partial charge >= 0.3 is 5.97 Å². The summed E-state index contributed by atoms with van der Waals surface area (Å²) in [5, 5.41) is 0.399. The predicted molar refractivity (Wildman–Crippen MR) is 136 cm³/mol. The molecule has 1 fully saturated rings. The number of anilines is 1. The average Bonchev–Trinajstić information content (AvgIpc) is 2.90. The molecule has 196 valence electrons. The number of rotatable bonds is 8. The summed E-state index contributed by atoms with van der Waals surface area (Å²) in [5.41, 5.74) is 1.58. The number of hydrogen-bond acceptors (Lipinski definition) is 7. The van der Waals surface area contributed by atoms with E-state index >= 15 is 0 Å². The van der Waals surface area contributed by atoms with Gasteiger partial charge in [0.25, 0.3) is 5.91 Å². The zero-order valence-electron chi connectivity index (χ0n) is 20.8. The molecule has 1 saturated heterocycles. The van der Waals surface area contributed by atoms with Crippen LogP contribution < -0.4 is 14.4 Å². The van der Waals surface area contributed by atoms with Crippen molar-refractivity contribution < 1.29 is 33.4 Å². The van der Waals surface area contributed by atoms with Crippen molar-refractivity contribution in [2.24, 2.45) is 5.92 Å². The standard InChI is InChI=1S/C27H29ClN2O7/c1-3-35-27(34)19-5-4-10-29(13-19)25(32)14-30-21-12-18(7-9-23(21)37-16-26(30)33)22(31)15-36-24-11-17(2)6-8-20(24)28/h6-9,11-12,19H,3-5,10,13-16H2,1-2H3. The smallest absolute Gasteiger partial charge is 0.310 e. The Morgan fingerprint density at radius 1 is 1.16 bits per heavy atom. The predicted octanol–water partition coefficient (Wildman–Crippen LogP) is 3.44. The van der Waals surface area contributed by atoms with E-state index in [1.54, 1.807) is 36.1 Å². The van der Waals surface area contributed by atoms with Crippen molar-refractivity contribution in [3.8, 4) is 11.5 Å². The summed E-state index contributed by atoms with van der Waals surface area (Å²) in [5.74, 6) is -0.896. The first-order valence-electron chi connectivity index (χ1n) is 12.2. The van der Waals surface area contributed by atoms with Crippen molar-refractivity contribution in [1.82, 2.24) is 4.90 Å². The Balaban J connectivity index is 1.46. The lowest BCUT2D eigenvalue weighted by Crippen LogP contribution is -2.49. The molecule has 2 aromatic rings. The molecule has 2 aliphatic heterocycles. The highest BCUT2D eigenvalue weighted by Gasteiger charge is 2.33. The van der Waals surface area contributed by atoms with E-state index in [9.17, 15) is 19.2 Å². The number of ether oxygens (including phenoxy) is 3. The number of ketones is 1. The zero-order valence-corrected chi connectivity index (χ0v) is 21.6. The minimum absolute atomic E-state index is 0.214. The SMILES string of the molecule is CCOC(=O)C1CCCN(C(=O)CN2C(=O)COc3ccc(C(=O)COc4cc(C)ccc4Cl)cc32)C1. The molecule has 0 spiro atoms. The van der Waals surface area contributed by atoms with E-state index in [0.29, 0.717) is 47.2 Å². The van der Waals surface area contributed by atoms with Crippen LogP contribution in [0.4, 0.5) is 5.69 Å². The van der Waals surface area contributed by atoms with Gasteiger partial charge in [0, 0.05) is 18.7 Å². The van der Waals surface area contributed by atoms with Gasteiger partial charge in [-0.05, 0) is 62.6 Å². The molecule has 4 rings (SSSR count). The third kappa shape index (κ3) is 6.22. The topological polar surface area (TPSA) is 102 Å². The number of Topliss-reactive ketones (excluding diaryl/α,β-unsaturated/α-hetero) is 1. The first-order valence-corrected chi connectivity index (χ1v) is 12.6. The highest BCUT2D eigenvalue weighted by atomic mass is 35.5. The Morgan fingerprint density at radius 3 is 2.76 bits per heavy atom. The fourth-order valence-electron chi connectivity index (χ4n) is 4.39. The van der Waals surface area contributed by atoms with Gasteiger partial charge in [0.05, 0.1) is 23.2 Å². The first-order chi connectivity index (χ1) is 17.8. The summed E-state index contributed by atoms with van der Waals surface area (Å²) in [6.45, 7) is 3.98. The number of piperidine rings is 1. The van der Waals surface area contributed by atoms with Crippen LogP contribution in [0.2, 0.25) is 5.02 Å². The second-order valence-corrected chi connectivity index (χ2v) is 9.43. The van der Waals surface area contributed by atoms with E-state index < -0.39 is 5.91 Å². The third-order valence-corrected chi connectivity index (χ3v) is 6.67. The van der Waals surface area contributed by atoms with Crippen LogP contribution in [0.5, 0.6) is 11.5 Å². The van der Waals surface area contributed by atoms with Gasteiger partial charge < -0.3 is 19.1 Å². The van der Waals surface area contributed by atoms with Crippen LogP contribution in [-0.4, -0.2) is 67.9 Å². The van der Waals surface area contributed by atoms with Gasteiger partial charge in [-0.3, -0.25) is 24.1 Å². The fourth-order valence-corrected chi connectivity index (χ4v) is 4.56. The lowest BCUT2D eigenvalue weighted by Gasteiger charge is -2.34. The number of likely N-dealkylation sites (tertiary alicyclic amines) is 1. The Bertz CT molecular complexity index is 1220. The minimum atomic E-state index is -0.396. The van der Waals surface area contributed by atoms with Gasteiger partial charge in [0.15, 0.2) is 19.0 Å². The van der Waals surface area contributed by atoms with Gasteiger partial charge in [0.1, 0.15) is 18.0 Å². The Hall–Kier alpha value is -3.59. The highest BCUT2D eigenvalue weighted by Crippen LogP contribution is 2.34. The van der Waals surface area contributed by atoms with Crippen molar-refractivity contribution in [3.05, 3.63) is 52.5 Å². The molecule has 1 atom stereocenters. The number of amides is 2. The highest BCUT2D eigenvalue weighted by molar-refractivity contribution is 6.32. The van der Waals surface area contributed by atoms with Crippen LogP contribution >= 0.6 is 11.6 Å². The molecule has 0 radical (unpaired) electrons. The lowest BCUT2D eigenvalue weighted by atomic mass is 9.98. The minimum Gasteiger partial charge on any atom is -0.484 e. The van der Waals surface area contributed by atoms with Crippen LogP contribution in [0.15, 0.2) is 36.4 Å². The Morgan fingerprint density at radius 2 is 1.97 bits per heavy atom. The molecule has 0 saturated carbocycles. The van der Waals surface area contributed by atoms with Gasteiger partial charge in [-0.2, -0.15) is 0 Å². The number of carbonyl (C=O) groups is 4. The van der Waals surface area contributed by atoms with Crippen LogP contribution in [0.25, 0.3) is 0 Å². The first kappa shape index (κ1) is 26.5. The second-order valence-electron chi connectivity index (χ2n) is 9.03. The van der Waals surface area contributed by atoms with Crippen molar-refractivity contribution >= 4 is 40.9 Å². The van der Waals surface area contributed by atoms with Crippen molar-refractivity contribution in [1.29, 1.82) is 0 Å². The summed E-state index contributed by atoms with van der Waals surface area (Å²) < 4.78 is 16.3. The van der Waals surface area contributed by atoms with E-state index in [-0.39, 0.29) is 56.5 Å². The molecule has 10 heteroatoms. The lowest BCUT2D eigenvalue weighted by molar-refractivity contribution is -0.151. The van der Waals surface area contributed by atoms with Gasteiger partial charge in [-0.1, -0.05) is 17.7 Å². The van der Waals surface area contributed by atoms with E-state index in [2.05, 4.69) is 0 Å². The number of hydrogen-bond donors (Lipinski definition) is 0. The summed E-state index contributed by atoms with van der Waals surface area (Å²) in [6.07, 6.45) is 1.33. The van der Waals surface area contributed by atoms with Gasteiger partial charge in [-0.25, -0.2) is 0 Å². The normalized spacial score (nSPS) is 17.1. The molecule has 1 unspecified atom stereocenters. The molecule has 2 heterocycles. The summed E-state index contributed by atoms with van der Waals surface area (Å²) in [6, 6.07) is 10.0. The number of carbonyl (C=O) groups excluding carboxylic acids is 4. The quantitative estimate of drug-likeness (QED) is 0.382. The largest absolute Gasteiger partial charge is 0.484 e. The Kier molecular flexibility index (Phi) is 8.33. The van der Waals surface area contributed by atoms with Gasteiger partial charge in [-0.15, -0.1) is 0 Å². The summed E-state index contributed by atoms with van der Waals surface area (Å²) in [4.78, 5) is 53.8. The average molecular weight is 529 g/mol. The Labute approximate surface area is 220 Å². The van der Waals surface area contributed by atoms with E-state index in [1.165, 1.54) is 11.0 Å². The van der Waals surface area contributed by atoms with Crippen LogP contribution in [-0.2, 0) is 19.1 Å². The maximum absolute atomic E-state index is 13.1. The maximum Gasteiger partial charge on any atom is 0.310 e. The van der Waals surface area contributed by atoms with Crippen molar-refractivity contribution in [2.45, 2.75) is 26.7 Å². The molecular formula is C27H29ClN2O7. The maximum atomic E-state index is 13.1. The fraction of sp³-hybridized carbons (Fsp3) is 0.407. The third-order valence-electron chi connectivity index (χ3n) is 6.36. The number of benzene rings is 2. The second kappa shape index (κ2) is 11.6. The number of halogens is 1. The molecule has 9 nitrogen and oxygen atoms in total. The molecule has 2 aromatic carbocycles. The van der Waals surface area contributed by atoms with Crippen LogP contribution in [0.3, 0.4) is 0 Å². The molecule has 37 heavy (non-hydrogen) atoms. The number of esters is 1. The monoisotopic (exact) mass is 528 g/mol. The molecule has 2 aliphatic rings. The molecular weight excluding hydrogens is 500 g/mol. The molecule has 0 N–H and O–H groups in total. The van der Waals surface area contributed by atoms with Gasteiger partial charge in [0.2, 0.25) is 5.91 Å². The number of fused-ring (bicyclic) bond motifs is 1. The molecule has 0 bridgehead atoms. The van der Waals surface area contributed by atoms with E-state index in [4.69, 9.17) is 25.8 Å². The van der Waals surface area contributed by atoms with Crippen LogP contribution in [0, 0.1) is 12.8 Å². The molecule has 0 aliphatic carbocycles. The number of aryl methyl sites for hydroxylation is 1.